The third-order valence-electron chi connectivity index (χ3n) is 8.21. The van der Waals surface area contributed by atoms with Gasteiger partial charge in [0, 0.05) is 6.42 Å². The number of aliphatic hydroxyl groups is 1. The second-order valence-corrected chi connectivity index (χ2v) is 9.32. The summed E-state index contributed by atoms with van der Waals surface area (Å²) in [6, 6.07) is 2.62. The van der Waals surface area contributed by atoms with Crippen molar-refractivity contribution in [1.29, 1.82) is 5.26 Å². The van der Waals surface area contributed by atoms with Gasteiger partial charge in [-0.1, -0.05) is 19.9 Å². The van der Waals surface area contributed by atoms with Crippen LogP contribution in [-0.4, -0.2) is 11.4 Å². The van der Waals surface area contributed by atoms with Crippen LogP contribution in [0.3, 0.4) is 0 Å². The maximum Gasteiger partial charge on any atom is 0.194 e. The molecule has 136 valence electrons. The fraction of sp³-hybridized carbons (Fsp3) is 0.773. The van der Waals surface area contributed by atoms with Crippen LogP contribution in [-0.2, 0) is 4.74 Å². The number of hydrogen-bond donors (Lipinski definition) is 1. The maximum atomic E-state index is 9.60. The summed E-state index contributed by atoms with van der Waals surface area (Å²) in [6.45, 7) is 6.52. The minimum Gasteiger partial charge on any atom is -0.470 e. The van der Waals surface area contributed by atoms with Gasteiger partial charge >= 0.3 is 0 Å². The Kier molecular flexibility index (Phi) is 4.03. The molecule has 0 aromatic heterocycles. The molecule has 1 unspecified atom stereocenters. The summed E-state index contributed by atoms with van der Waals surface area (Å²) < 4.78 is 5.57. The van der Waals surface area contributed by atoms with Gasteiger partial charge in [-0.05, 0) is 85.7 Å². The van der Waals surface area contributed by atoms with Crippen LogP contribution in [0.15, 0.2) is 23.5 Å². The van der Waals surface area contributed by atoms with Crippen molar-refractivity contribution in [2.24, 2.45) is 34.5 Å². The lowest BCUT2D eigenvalue weighted by Gasteiger charge is -2.56. The largest absolute Gasteiger partial charge is 0.470 e. The van der Waals surface area contributed by atoms with Crippen molar-refractivity contribution in [3.05, 3.63) is 23.5 Å². The lowest BCUT2D eigenvalue weighted by Crippen LogP contribution is -2.49. The highest BCUT2D eigenvalue weighted by molar-refractivity contribution is 5.36. The summed E-state index contributed by atoms with van der Waals surface area (Å²) in [5, 5.41) is 19.1. The first-order chi connectivity index (χ1) is 11.9. The van der Waals surface area contributed by atoms with Gasteiger partial charge in [-0.25, -0.2) is 0 Å². The van der Waals surface area contributed by atoms with Gasteiger partial charge in [-0.3, -0.25) is 0 Å². The smallest absolute Gasteiger partial charge is 0.194 e. The van der Waals surface area contributed by atoms with E-state index in [9.17, 15) is 10.4 Å². The lowest BCUT2D eigenvalue weighted by atomic mass is 9.48. The van der Waals surface area contributed by atoms with E-state index in [0.717, 1.165) is 43.3 Å². The predicted molar refractivity (Wildman–Crippen MR) is 97.0 cm³/mol. The van der Waals surface area contributed by atoms with E-state index in [1.165, 1.54) is 24.8 Å². The maximum absolute atomic E-state index is 9.60. The molecular weight excluding hydrogens is 310 g/mol. The Labute approximate surface area is 151 Å². The van der Waals surface area contributed by atoms with Crippen LogP contribution < -0.4 is 0 Å². The number of fused-ring (bicyclic) bond motifs is 5. The van der Waals surface area contributed by atoms with E-state index in [1.807, 2.05) is 0 Å². The highest BCUT2D eigenvalue weighted by Crippen LogP contribution is 2.65. The molecule has 0 bridgehead atoms. The average Bonchev–Trinajstić information content (AvgIpc) is 2.91. The van der Waals surface area contributed by atoms with Gasteiger partial charge in [0.2, 0.25) is 0 Å². The molecule has 25 heavy (non-hydrogen) atoms. The number of allylic oxidation sites excluding steroid dienone is 4. The first-order valence-electron chi connectivity index (χ1n) is 10.0. The number of aliphatic hydroxyl groups excluding tert-OH is 1. The van der Waals surface area contributed by atoms with Crippen LogP contribution in [0, 0.1) is 45.8 Å². The van der Waals surface area contributed by atoms with Crippen molar-refractivity contribution >= 4 is 0 Å². The first-order valence-corrected chi connectivity index (χ1v) is 10.0. The number of ether oxygens (including phenoxy) is 1. The van der Waals surface area contributed by atoms with Crippen LogP contribution in [0.1, 0.15) is 65.7 Å². The van der Waals surface area contributed by atoms with Crippen LogP contribution in [0.5, 0.6) is 0 Å². The van der Waals surface area contributed by atoms with Crippen molar-refractivity contribution in [1.82, 2.24) is 0 Å². The normalized spacial score (nSPS) is 46.7. The zero-order valence-electron chi connectivity index (χ0n) is 15.8. The fourth-order valence-electron chi connectivity index (χ4n) is 6.82. The van der Waals surface area contributed by atoms with Crippen molar-refractivity contribution in [3.8, 4) is 6.07 Å². The molecule has 0 aromatic rings. The Morgan fingerprint density at radius 2 is 2.04 bits per heavy atom. The van der Waals surface area contributed by atoms with E-state index in [4.69, 9.17) is 4.74 Å². The molecule has 2 fully saturated rings. The second-order valence-electron chi connectivity index (χ2n) is 9.32. The summed E-state index contributed by atoms with van der Waals surface area (Å²) in [7, 11) is 0. The van der Waals surface area contributed by atoms with Crippen molar-refractivity contribution in [2.45, 2.75) is 72.0 Å². The molecule has 3 nitrogen and oxygen atoms in total. The molecule has 0 heterocycles. The molecule has 4 rings (SSSR count). The summed E-state index contributed by atoms with van der Waals surface area (Å²) in [6.07, 6.45) is 11.9. The van der Waals surface area contributed by atoms with E-state index < -0.39 is 6.29 Å². The molecule has 0 aromatic carbocycles. The topological polar surface area (TPSA) is 53.2 Å². The van der Waals surface area contributed by atoms with Crippen LogP contribution >= 0.6 is 0 Å². The minimum absolute atomic E-state index is 0.237. The molecule has 0 spiro atoms. The van der Waals surface area contributed by atoms with Gasteiger partial charge in [0.25, 0.3) is 0 Å². The second kappa shape index (κ2) is 5.88. The molecule has 0 aliphatic heterocycles. The van der Waals surface area contributed by atoms with Gasteiger partial charge in [0.1, 0.15) is 0 Å². The Balaban J connectivity index is 1.64. The van der Waals surface area contributed by atoms with E-state index in [2.05, 4.69) is 32.1 Å². The van der Waals surface area contributed by atoms with Crippen molar-refractivity contribution in [2.75, 3.05) is 0 Å². The summed E-state index contributed by atoms with van der Waals surface area (Å²) in [5.74, 6) is 3.37. The third-order valence-corrected chi connectivity index (χ3v) is 8.21. The molecule has 0 saturated heterocycles. The van der Waals surface area contributed by atoms with E-state index in [-0.39, 0.29) is 16.7 Å². The Bertz CT molecular complexity index is 657. The van der Waals surface area contributed by atoms with Crippen LogP contribution in [0.2, 0.25) is 0 Å². The molecule has 2 saturated carbocycles. The van der Waals surface area contributed by atoms with E-state index in [0.29, 0.717) is 5.92 Å². The monoisotopic (exact) mass is 341 g/mol. The lowest BCUT2D eigenvalue weighted by molar-refractivity contribution is -0.0615. The van der Waals surface area contributed by atoms with E-state index in [1.54, 1.807) is 6.92 Å². The van der Waals surface area contributed by atoms with Gasteiger partial charge in [0.05, 0.1) is 17.7 Å². The number of hydrogen-bond acceptors (Lipinski definition) is 3. The number of nitrogens with zero attached hydrogens (tertiary/aromatic N) is 1. The minimum atomic E-state index is -0.732. The molecule has 4 aliphatic rings. The van der Waals surface area contributed by atoms with Gasteiger partial charge in [0.15, 0.2) is 6.29 Å². The standard InChI is InChI=1S/C22H31NO2/c1-14(24)25-17-8-10-21(2)15(12-17)4-6-18-19-7-5-16(13-23)22(19,3)11-9-20(18)21/h4,12,14,16,18-20,24H,5-11H2,1-3H3/t14?,16-,18+,19+,20+,21+,22-/m1/s1. The molecular formula is C22H31NO2. The van der Waals surface area contributed by atoms with Gasteiger partial charge in [-0.2, -0.15) is 5.26 Å². The Morgan fingerprint density at radius 3 is 2.76 bits per heavy atom. The highest BCUT2D eigenvalue weighted by Gasteiger charge is 2.58. The zero-order chi connectivity index (χ0) is 17.8. The van der Waals surface area contributed by atoms with Crippen LogP contribution in [0.25, 0.3) is 0 Å². The Morgan fingerprint density at radius 1 is 1.24 bits per heavy atom. The highest BCUT2D eigenvalue weighted by atomic mass is 16.6. The molecule has 0 amide bonds. The number of nitriles is 1. The Hall–Kier alpha value is -1.27. The SMILES string of the molecule is CC(O)OC1=CC2=CC[C@H]3[C@@H]4CC[C@H](C#N)[C@@]4(C)CC[C@@H]3[C@@]2(C)CC1. The molecule has 0 radical (unpaired) electrons. The predicted octanol–water partition coefficient (Wildman–Crippen LogP) is 4.94. The molecule has 4 aliphatic carbocycles. The van der Waals surface area contributed by atoms with E-state index >= 15 is 0 Å². The fourth-order valence-corrected chi connectivity index (χ4v) is 6.82. The van der Waals surface area contributed by atoms with Crippen LogP contribution in [0.4, 0.5) is 0 Å². The van der Waals surface area contributed by atoms with Crippen molar-refractivity contribution < 1.29 is 9.84 Å². The third kappa shape index (κ3) is 2.48. The summed E-state index contributed by atoms with van der Waals surface area (Å²) in [5.41, 5.74) is 1.90. The molecule has 3 heteroatoms. The zero-order valence-corrected chi connectivity index (χ0v) is 15.8. The molecule has 7 atom stereocenters. The quantitative estimate of drug-likeness (QED) is 0.724. The number of rotatable bonds is 2. The summed E-state index contributed by atoms with van der Waals surface area (Å²) >= 11 is 0. The molecule has 1 N–H and O–H groups in total. The summed E-state index contributed by atoms with van der Waals surface area (Å²) in [4.78, 5) is 0. The van der Waals surface area contributed by atoms with Crippen molar-refractivity contribution in [3.63, 3.8) is 0 Å². The first kappa shape index (κ1) is 17.2. The van der Waals surface area contributed by atoms with Gasteiger partial charge < -0.3 is 9.84 Å². The van der Waals surface area contributed by atoms with Gasteiger partial charge in [-0.15, -0.1) is 0 Å². The average molecular weight is 341 g/mol.